The number of nitrogens with two attached hydrogens (primary N) is 1. The van der Waals surface area contributed by atoms with E-state index in [0.717, 1.165) is 5.56 Å². The summed E-state index contributed by atoms with van der Waals surface area (Å²) in [5.74, 6) is -0.963. The van der Waals surface area contributed by atoms with Crippen molar-refractivity contribution >= 4 is 11.9 Å². The van der Waals surface area contributed by atoms with E-state index in [1.807, 2.05) is 44.2 Å². The molecule has 0 saturated heterocycles. The van der Waals surface area contributed by atoms with Gasteiger partial charge in [0.2, 0.25) is 0 Å². The van der Waals surface area contributed by atoms with Gasteiger partial charge < -0.3 is 20.9 Å². The van der Waals surface area contributed by atoms with E-state index in [-0.39, 0.29) is 12.5 Å². The Labute approximate surface area is 143 Å². The van der Waals surface area contributed by atoms with Crippen molar-refractivity contribution in [2.24, 2.45) is 11.7 Å². The van der Waals surface area contributed by atoms with E-state index < -0.39 is 30.1 Å². The fourth-order valence-corrected chi connectivity index (χ4v) is 2.38. The Bertz CT molecular complexity index is 519. The lowest BCUT2D eigenvalue weighted by Crippen LogP contribution is -2.52. The highest BCUT2D eigenvalue weighted by atomic mass is 16.5. The number of esters is 1. The van der Waals surface area contributed by atoms with Crippen LogP contribution >= 0.6 is 0 Å². The number of benzene rings is 1. The first kappa shape index (κ1) is 20.1. The molecular weight excluding hydrogens is 308 g/mol. The molecule has 3 atom stereocenters. The molecule has 0 aliphatic carbocycles. The number of aliphatic hydroxyl groups is 1. The van der Waals surface area contributed by atoms with Crippen LogP contribution in [0.25, 0.3) is 0 Å². The van der Waals surface area contributed by atoms with Crippen molar-refractivity contribution in [3.8, 4) is 0 Å². The second-order valence-corrected chi connectivity index (χ2v) is 6.24. The quantitative estimate of drug-likeness (QED) is 0.584. The minimum absolute atomic E-state index is 0.190. The first-order chi connectivity index (χ1) is 11.3. The number of hydrogen-bond acceptors (Lipinski definition) is 5. The first-order valence-corrected chi connectivity index (χ1v) is 8.29. The van der Waals surface area contributed by atoms with E-state index in [0.29, 0.717) is 12.8 Å². The Morgan fingerprint density at radius 1 is 1.25 bits per heavy atom. The molecule has 0 spiro atoms. The lowest BCUT2D eigenvalue weighted by atomic mass is 10.00. The van der Waals surface area contributed by atoms with Gasteiger partial charge in [0.1, 0.15) is 12.1 Å². The van der Waals surface area contributed by atoms with E-state index >= 15 is 0 Å². The van der Waals surface area contributed by atoms with Crippen molar-refractivity contribution in [3.63, 3.8) is 0 Å². The Hall–Kier alpha value is -1.92. The number of nitrogens with one attached hydrogen (secondary N) is 1. The molecule has 1 aromatic carbocycles. The average molecular weight is 336 g/mol. The number of carbonyl (C=O) groups excluding carboxylic acids is 2. The van der Waals surface area contributed by atoms with Crippen molar-refractivity contribution < 1.29 is 19.4 Å². The molecule has 0 aliphatic heterocycles. The van der Waals surface area contributed by atoms with Gasteiger partial charge in [0.15, 0.2) is 0 Å². The van der Waals surface area contributed by atoms with Gasteiger partial charge in [0.25, 0.3) is 5.91 Å². The zero-order valence-electron chi connectivity index (χ0n) is 14.6. The molecular formula is C18H28N2O4. The van der Waals surface area contributed by atoms with Crippen LogP contribution in [0, 0.1) is 5.92 Å². The van der Waals surface area contributed by atoms with Gasteiger partial charge in [-0.1, -0.05) is 44.2 Å². The second kappa shape index (κ2) is 10.1. The molecule has 4 N–H and O–H groups in total. The van der Waals surface area contributed by atoms with Crippen molar-refractivity contribution in [3.05, 3.63) is 35.9 Å². The molecule has 0 bridgehead atoms. The van der Waals surface area contributed by atoms with Crippen LogP contribution in [0.5, 0.6) is 0 Å². The van der Waals surface area contributed by atoms with E-state index in [9.17, 15) is 14.7 Å². The maximum Gasteiger partial charge on any atom is 0.328 e. The van der Waals surface area contributed by atoms with Crippen LogP contribution < -0.4 is 11.1 Å². The van der Waals surface area contributed by atoms with Gasteiger partial charge in [-0.25, -0.2) is 4.79 Å². The van der Waals surface area contributed by atoms with Gasteiger partial charge in [0, 0.05) is 6.04 Å². The Morgan fingerprint density at radius 3 is 2.42 bits per heavy atom. The summed E-state index contributed by atoms with van der Waals surface area (Å²) < 4.78 is 4.98. The van der Waals surface area contributed by atoms with Crippen LogP contribution in [0.1, 0.15) is 32.8 Å². The van der Waals surface area contributed by atoms with Gasteiger partial charge in [-0.2, -0.15) is 0 Å². The molecule has 6 heteroatoms. The average Bonchev–Trinajstić information content (AvgIpc) is 2.54. The minimum Gasteiger partial charge on any atom is -0.464 e. The van der Waals surface area contributed by atoms with Crippen LogP contribution in [-0.4, -0.2) is 41.8 Å². The van der Waals surface area contributed by atoms with Crippen LogP contribution in [0.3, 0.4) is 0 Å². The van der Waals surface area contributed by atoms with Gasteiger partial charge in [-0.05, 0) is 31.2 Å². The predicted molar refractivity (Wildman–Crippen MR) is 92.1 cm³/mol. The number of hydrogen-bond donors (Lipinski definition) is 3. The summed E-state index contributed by atoms with van der Waals surface area (Å²) in [6.07, 6.45) is -0.594. The van der Waals surface area contributed by atoms with Crippen LogP contribution in [0.15, 0.2) is 30.3 Å². The summed E-state index contributed by atoms with van der Waals surface area (Å²) in [6.45, 7) is 5.82. The lowest BCUT2D eigenvalue weighted by Gasteiger charge is -2.23. The molecule has 0 saturated carbocycles. The SMILES string of the molecule is CCOC(=O)[C@H](CC(C)C)NC(=O)[C@@H](O)[C@H](N)Cc1ccccc1. The molecule has 1 aromatic rings. The topological polar surface area (TPSA) is 102 Å². The normalized spacial score (nSPS) is 14.8. The summed E-state index contributed by atoms with van der Waals surface area (Å²) in [6, 6.07) is 7.84. The lowest BCUT2D eigenvalue weighted by molar-refractivity contribution is -0.149. The molecule has 1 rings (SSSR count). The molecule has 0 heterocycles. The van der Waals surface area contributed by atoms with Crippen molar-refractivity contribution in [2.75, 3.05) is 6.61 Å². The minimum atomic E-state index is -1.39. The smallest absolute Gasteiger partial charge is 0.328 e. The Morgan fingerprint density at radius 2 is 1.88 bits per heavy atom. The van der Waals surface area contributed by atoms with Crippen LogP contribution in [0.4, 0.5) is 0 Å². The van der Waals surface area contributed by atoms with Gasteiger partial charge in [-0.3, -0.25) is 4.79 Å². The Kier molecular flexibility index (Phi) is 8.43. The van der Waals surface area contributed by atoms with Crippen molar-refractivity contribution in [1.82, 2.24) is 5.32 Å². The maximum atomic E-state index is 12.2. The van der Waals surface area contributed by atoms with Gasteiger partial charge >= 0.3 is 5.97 Å². The third-order valence-electron chi connectivity index (χ3n) is 3.58. The van der Waals surface area contributed by atoms with E-state index in [4.69, 9.17) is 10.5 Å². The number of amides is 1. The van der Waals surface area contributed by atoms with E-state index in [1.54, 1.807) is 6.92 Å². The molecule has 6 nitrogen and oxygen atoms in total. The second-order valence-electron chi connectivity index (χ2n) is 6.24. The first-order valence-electron chi connectivity index (χ1n) is 8.29. The third kappa shape index (κ3) is 6.68. The maximum absolute atomic E-state index is 12.2. The highest BCUT2D eigenvalue weighted by molar-refractivity contribution is 5.87. The molecule has 0 aliphatic rings. The largest absolute Gasteiger partial charge is 0.464 e. The summed E-state index contributed by atoms with van der Waals surface area (Å²) in [5.41, 5.74) is 6.87. The van der Waals surface area contributed by atoms with E-state index in [2.05, 4.69) is 5.32 Å². The Balaban J connectivity index is 2.66. The molecule has 0 unspecified atom stereocenters. The summed E-state index contributed by atoms with van der Waals surface area (Å²) in [4.78, 5) is 24.2. The van der Waals surface area contributed by atoms with Gasteiger partial charge in [0.05, 0.1) is 6.61 Å². The van der Waals surface area contributed by atoms with Gasteiger partial charge in [-0.15, -0.1) is 0 Å². The highest BCUT2D eigenvalue weighted by Gasteiger charge is 2.29. The van der Waals surface area contributed by atoms with Crippen LogP contribution in [-0.2, 0) is 20.7 Å². The van der Waals surface area contributed by atoms with Crippen molar-refractivity contribution in [2.45, 2.75) is 51.8 Å². The van der Waals surface area contributed by atoms with E-state index in [1.165, 1.54) is 0 Å². The summed E-state index contributed by atoms with van der Waals surface area (Å²) in [5, 5.41) is 12.7. The molecule has 0 aromatic heterocycles. The summed E-state index contributed by atoms with van der Waals surface area (Å²) >= 11 is 0. The van der Waals surface area contributed by atoms with Crippen LogP contribution in [0.2, 0.25) is 0 Å². The number of ether oxygens (including phenoxy) is 1. The zero-order valence-corrected chi connectivity index (χ0v) is 14.6. The summed E-state index contributed by atoms with van der Waals surface area (Å²) in [7, 11) is 0. The standard InChI is InChI=1S/C18H28N2O4/c1-4-24-18(23)15(10-12(2)3)20-17(22)16(21)14(19)11-13-8-6-5-7-9-13/h5-9,12,14-16,21H,4,10-11,19H2,1-3H3,(H,20,22)/t14-,15+,16+/m1/s1. The molecule has 0 fully saturated rings. The molecule has 0 radical (unpaired) electrons. The number of carbonyl (C=O) groups is 2. The van der Waals surface area contributed by atoms with Crippen molar-refractivity contribution in [1.29, 1.82) is 0 Å². The fourth-order valence-electron chi connectivity index (χ4n) is 2.38. The molecule has 24 heavy (non-hydrogen) atoms. The number of aliphatic hydroxyl groups excluding tert-OH is 1. The molecule has 1 amide bonds. The zero-order chi connectivity index (χ0) is 18.1. The monoisotopic (exact) mass is 336 g/mol. The number of rotatable bonds is 9. The molecule has 134 valence electrons. The predicted octanol–water partition coefficient (Wildman–Crippen LogP) is 1.01. The third-order valence-corrected chi connectivity index (χ3v) is 3.58. The highest BCUT2D eigenvalue weighted by Crippen LogP contribution is 2.09. The fraction of sp³-hybridized carbons (Fsp3) is 0.556.